The first-order valence-corrected chi connectivity index (χ1v) is 10.4. The highest BCUT2D eigenvalue weighted by molar-refractivity contribution is 6.30. The zero-order valence-corrected chi connectivity index (χ0v) is 17.6. The van der Waals surface area contributed by atoms with Crippen molar-refractivity contribution in [3.05, 3.63) is 64.7 Å². The summed E-state index contributed by atoms with van der Waals surface area (Å²) in [6, 6.07) is 14.7. The quantitative estimate of drug-likeness (QED) is 0.742. The number of nitrogens with one attached hydrogen (secondary N) is 1. The maximum absolute atomic E-state index is 12.7. The Bertz CT molecular complexity index is 834. The SMILES string of the molecule is CC(C)NC(=O)c1ccc(OCC2CCCN2C(=O)Cc2ccc(Cl)cc2)cc1. The molecular formula is C23H27ClN2O3. The molecule has 1 N–H and O–H groups in total. The summed E-state index contributed by atoms with van der Waals surface area (Å²) in [6.07, 6.45) is 2.28. The topological polar surface area (TPSA) is 58.6 Å². The molecule has 2 aromatic carbocycles. The van der Waals surface area contributed by atoms with Gasteiger partial charge in [-0.15, -0.1) is 0 Å². The molecule has 0 spiro atoms. The summed E-state index contributed by atoms with van der Waals surface area (Å²) in [5.74, 6) is 0.712. The van der Waals surface area contributed by atoms with E-state index in [1.54, 1.807) is 36.4 Å². The highest BCUT2D eigenvalue weighted by atomic mass is 35.5. The second-order valence-corrected chi connectivity index (χ2v) is 8.09. The van der Waals surface area contributed by atoms with Crippen LogP contribution in [0.25, 0.3) is 0 Å². The molecule has 0 saturated carbocycles. The maximum atomic E-state index is 12.7. The Morgan fingerprint density at radius 1 is 1.14 bits per heavy atom. The van der Waals surface area contributed by atoms with Crippen molar-refractivity contribution < 1.29 is 14.3 Å². The fourth-order valence-corrected chi connectivity index (χ4v) is 3.58. The molecule has 6 heteroatoms. The normalized spacial score (nSPS) is 16.1. The van der Waals surface area contributed by atoms with Gasteiger partial charge in [0.25, 0.3) is 5.91 Å². The fourth-order valence-electron chi connectivity index (χ4n) is 3.46. The fraction of sp³-hybridized carbons (Fsp3) is 0.391. The van der Waals surface area contributed by atoms with E-state index in [2.05, 4.69) is 5.32 Å². The average molecular weight is 415 g/mol. The monoisotopic (exact) mass is 414 g/mol. The Kier molecular flexibility index (Phi) is 7.15. The van der Waals surface area contributed by atoms with Gasteiger partial charge in [-0.3, -0.25) is 9.59 Å². The minimum atomic E-state index is -0.0960. The number of carbonyl (C=O) groups is 2. The van der Waals surface area contributed by atoms with Crippen LogP contribution in [0.15, 0.2) is 48.5 Å². The van der Waals surface area contributed by atoms with Crippen LogP contribution >= 0.6 is 11.6 Å². The van der Waals surface area contributed by atoms with Crippen molar-refractivity contribution in [2.75, 3.05) is 13.2 Å². The number of halogens is 1. The van der Waals surface area contributed by atoms with Gasteiger partial charge in [-0.2, -0.15) is 0 Å². The van der Waals surface area contributed by atoms with E-state index in [0.29, 0.717) is 29.4 Å². The molecule has 1 heterocycles. The number of ether oxygens (including phenoxy) is 1. The third-order valence-electron chi connectivity index (χ3n) is 4.94. The second kappa shape index (κ2) is 9.79. The molecule has 0 aromatic heterocycles. The van der Waals surface area contributed by atoms with Gasteiger partial charge in [0.05, 0.1) is 12.5 Å². The number of amides is 2. The standard InChI is InChI=1S/C23H27ClN2O3/c1-16(2)25-23(28)18-7-11-21(12-8-18)29-15-20-4-3-13-26(20)22(27)14-17-5-9-19(24)10-6-17/h5-12,16,20H,3-4,13-15H2,1-2H3,(H,25,28). The van der Waals surface area contributed by atoms with Crippen molar-refractivity contribution in [2.24, 2.45) is 0 Å². The van der Waals surface area contributed by atoms with Crippen molar-refractivity contribution in [2.45, 2.75) is 45.2 Å². The number of rotatable bonds is 7. The number of benzene rings is 2. The van der Waals surface area contributed by atoms with Gasteiger partial charge in [-0.1, -0.05) is 23.7 Å². The van der Waals surface area contributed by atoms with E-state index < -0.39 is 0 Å². The molecule has 1 atom stereocenters. The van der Waals surface area contributed by atoms with Crippen molar-refractivity contribution in [3.63, 3.8) is 0 Å². The lowest BCUT2D eigenvalue weighted by Gasteiger charge is -2.25. The van der Waals surface area contributed by atoms with Gasteiger partial charge in [-0.05, 0) is 68.7 Å². The first-order valence-electron chi connectivity index (χ1n) is 10.00. The Balaban J connectivity index is 1.53. The van der Waals surface area contributed by atoms with Crippen LogP contribution in [-0.4, -0.2) is 41.9 Å². The zero-order chi connectivity index (χ0) is 20.8. The predicted octanol–water partition coefficient (Wildman–Crippen LogP) is 4.09. The van der Waals surface area contributed by atoms with Crippen LogP contribution in [0.4, 0.5) is 0 Å². The number of nitrogens with zero attached hydrogens (tertiary/aromatic N) is 1. The molecule has 154 valence electrons. The van der Waals surface area contributed by atoms with Gasteiger partial charge in [0.15, 0.2) is 0 Å². The third-order valence-corrected chi connectivity index (χ3v) is 5.20. The molecule has 1 unspecified atom stereocenters. The van der Waals surface area contributed by atoms with E-state index in [-0.39, 0.29) is 23.9 Å². The Hall–Kier alpha value is -2.53. The highest BCUT2D eigenvalue weighted by Gasteiger charge is 2.29. The summed E-state index contributed by atoms with van der Waals surface area (Å²) in [7, 11) is 0. The number of hydrogen-bond acceptors (Lipinski definition) is 3. The van der Waals surface area contributed by atoms with Crippen LogP contribution in [-0.2, 0) is 11.2 Å². The molecule has 0 aliphatic carbocycles. The van der Waals surface area contributed by atoms with Gasteiger partial charge in [0.1, 0.15) is 12.4 Å². The Labute approximate surface area is 177 Å². The summed E-state index contributed by atoms with van der Waals surface area (Å²) in [6.45, 7) is 5.06. The predicted molar refractivity (Wildman–Crippen MR) is 114 cm³/mol. The van der Waals surface area contributed by atoms with Crippen molar-refractivity contribution in [3.8, 4) is 5.75 Å². The Morgan fingerprint density at radius 3 is 2.48 bits per heavy atom. The molecular weight excluding hydrogens is 388 g/mol. The van der Waals surface area contributed by atoms with Crippen molar-refractivity contribution in [1.29, 1.82) is 0 Å². The molecule has 1 aliphatic heterocycles. The van der Waals surface area contributed by atoms with Crippen LogP contribution in [0.5, 0.6) is 5.75 Å². The molecule has 5 nitrogen and oxygen atoms in total. The van der Waals surface area contributed by atoms with Crippen molar-refractivity contribution >= 4 is 23.4 Å². The van der Waals surface area contributed by atoms with Gasteiger partial charge in [0.2, 0.25) is 5.91 Å². The molecule has 0 bridgehead atoms. The molecule has 2 amide bonds. The lowest BCUT2D eigenvalue weighted by molar-refractivity contribution is -0.131. The van der Waals surface area contributed by atoms with E-state index in [4.69, 9.17) is 16.3 Å². The minimum absolute atomic E-state index is 0.0683. The van der Waals surface area contributed by atoms with E-state index in [0.717, 1.165) is 24.9 Å². The molecule has 0 radical (unpaired) electrons. The summed E-state index contributed by atoms with van der Waals surface area (Å²) in [4.78, 5) is 26.7. The summed E-state index contributed by atoms with van der Waals surface area (Å²) in [5, 5.41) is 3.53. The smallest absolute Gasteiger partial charge is 0.251 e. The van der Waals surface area contributed by atoms with Gasteiger partial charge in [-0.25, -0.2) is 0 Å². The van der Waals surface area contributed by atoms with E-state index in [9.17, 15) is 9.59 Å². The third kappa shape index (κ3) is 5.97. The molecule has 1 aliphatic rings. The van der Waals surface area contributed by atoms with E-state index in [1.807, 2.05) is 30.9 Å². The lowest BCUT2D eigenvalue weighted by atomic mass is 10.1. The molecule has 2 aromatic rings. The largest absolute Gasteiger partial charge is 0.491 e. The first-order chi connectivity index (χ1) is 13.9. The molecule has 1 fully saturated rings. The zero-order valence-electron chi connectivity index (χ0n) is 16.9. The average Bonchev–Trinajstić information content (AvgIpc) is 3.17. The first kappa shape index (κ1) is 21.2. The Morgan fingerprint density at radius 2 is 1.83 bits per heavy atom. The minimum Gasteiger partial charge on any atom is -0.491 e. The van der Waals surface area contributed by atoms with E-state index >= 15 is 0 Å². The van der Waals surface area contributed by atoms with Crippen molar-refractivity contribution in [1.82, 2.24) is 10.2 Å². The molecule has 1 saturated heterocycles. The summed E-state index contributed by atoms with van der Waals surface area (Å²) >= 11 is 5.91. The number of hydrogen-bond donors (Lipinski definition) is 1. The number of carbonyl (C=O) groups excluding carboxylic acids is 2. The maximum Gasteiger partial charge on any atom is 0.251 e. The van der Waals surface area contributed by atoms with Crippen LogP contribution in [0.1, 0.15) is 42.6 Å². The van der Waals surface area contributed by atoms with E-state index in [1.165, 1.54) is 0 Å². The molecule has 3 rings (SSSR count). The molecule has 29 heavy (non-hydrogen) atoms. The highest BCUT2D eigenvalue weighted by Crippen LogP contribution is 2.21. The summed E-state index contributed by atoms with van der Waals surface area (Å²) in [5.41, 5.74) is 1.56. The summed E-state index contributed by atoms with van der Waals surface area (Å²) < 4.78 is 5.91. The van der Waals surface area contributed by atoms with Crippen LogP contribution in [0.2, 0.25) is 5.02 Å². The lowest BCUT2D eigenvalue weighted by Crippen LogP contribution is -2.39. The van der Waals surface area contributed by atoms with Crippen LogP contribution in [0, 0.1) is 0 Å². The van der Waals surface area contributed by atoms with Gasteiger partial charge in [0, 0.05) is 23.2 Å². The van der Waals surface area contributed by atoms with Crippen LogP contribution in [0.3, 0.4) is 0 Å². The van der Waals surface area contributed by atoms with Gasteiger partial charge < -0.3 is 15.0 Å². The van der Waals surface area contributed by atoms with Crippen LogP contribution < -0.4 is 10.1 Å². The number of likely N-dealkylation sites (tertiary alicyclic amines) is 1. The second-order valence-electron chi connectivity index (χ2n) is 7.65. The van der Waals surface area contributed by atoms with Gasteiger partial charge >= 0.3 is 0 Å².